The number of rotatable bonds is 2. The molecule has 84 valence electrons. The van der Waals surface area contributed by atoms with Crippen LogP contribution in [0.25, 0.3) is 0 Å². The van der Waals surface area contributed by atoms with Crippen LogP contribution in [-0.2, 0) is 9.47 Å². The van der Waals surface area contributed by atoms with E-state index < -0.39 is 5.79 Å². The molecule has 0 aromatic rings. The molecule has 0 aromatic heterocycles. The van der Waals surface area contributed by atoms with Gasteiger partial charge in [0.1, 0.15) is 0 Å². The zero-order valence-corrected chi connectivity index (χ0v) is 9.02. The van der Waals surface area contributed by atoms with Gasteiger partial charge in [-0.15, -0.1) is 12.4 Å². The van der Waals surface area contributed by atoms with Crippen LogP contribution < -0.4 is 5.32 Å². The summed E-state index contributed by atoms with van der Waals surface area (Å²) in [4.78, 5) is 0. The van der Waals surface area contributed by atoms with Crippen molar-refractivity contribution in [2.24, 2.45) is 5.92 Å². The van der Waals surface area contributed by atoms with Gasteiger partial charge in [0.25, 0.3) is 0 Å². The van der Waals surface area contributed by atoms with Crippen LogP contribution in [0.5, 0.6) is 0 Å². The minimum Gasteiger partial charge on any atom is -0.391 e. The molecule has 5 heteroatoms. The van der Waals surface area contributed by atoms with Gasteiger partial charge in [0.15, 0.2) is 5.79 Å². The largest absolute Gasteiger partial charge is 0.391 e. The molecule has 2 rings (SSSR count). The van der Waals surface area contributed by atoms with Crippen LogP contribution in [0.1, 0.15) is 12.8 Å². The van der Waals surface area contributed by atoms with E-state index in [1.165, 1.54) is 0 Å². The smallest absolute Gasteiger partial charge is 0.195 e. The van der Waals surface area contributed by atoms with Crippen LogP contribution in [0, 0.1) is 5.92 Å². The SMILES string of the molecule is Cl.OCC1(C2CCCNC2)OCCO1. The lowest BCUT2D eigenvalue weighted by Crippen LogP contribution is -2.49. The summed E-state index contributed by atoms with van der Waals surface area (Å²) in [6, 6.07) is 0. The molecule has 1 atom stereocenters. The monoisotopic (exact) mass is 223 g/mol. The van der Waals surface area contributed by atoms with Gasteiger partial charge in [0, 0.05) is 12.5 Å². The molecule has 0 aliphatic carbocycles. The maximum Gasteiger partial charge on any atom is 0.195 e. The Kier molecular flexibility index (Phi) is 4.60. The number of aliphatic hydroxyl groups excluding tert-OH is 1. The van der Waals surface area contributed by atoms with E-state index in [1.54, 1.807) is 0 Å². The van der Waals surface area contributed by atoms with E-state index in [1.807, 2.05) is 0 Å². The molecule has 14 heavy (non-hydrogen) atoms. The summed E-state index contributed by atoms with van der Waals surface area (Å²) >= 11 is 0. The minimum absolute atomic E-state index is 0. The molecule has 4 nitrogen and oxygen atoms in total. The first-order valence-corrected chi connectivity index (χ1v) is 4.97. The molecule has 2 saturated heterocycles. The average molecular weight is 224 g/mol. The van der Waals surface area contributed by atoms with Gasteiger partial charge in [0.2, 0.25) is 0 Å². The molecule has 2 heterocycles. The fourth-order valence-corrected chi connectivity index (χ4v) is 2.15. The highest BCUT2D eigenvalue weighted by molar-refractivity contribution is 5.85. The molecule has 0 radical (unpaired) electrons. The summed E-state index contributed by atoms with van der Waals surface area (Å²) in [7, 11) is 0. The van der Waals surface area contributed by atoms with Crippen molar-refractivity contribution in [1.29, 1.82) is 0 Å². The van der Waals surface area contributed by atoms with E-state index >= 15 is 0 Å². The standard InChI is InChI=1S/C9H17NO3.ClH/c11-7-9(12-4-5-13-9)8-2-1-3-10-6-8;/h8,10-11H,1-7H2;1H. The van der Waals surface area contributed by atoms with Gasteiger partial charge in [-0.3, -0.25) is 0 Å². The van der Waals surface area contributed by atoms with Crippen LogP contribution in [0.2, 0.25) is 0 Å². The normalized spacial score (nSPS) is 31.1. The number of nitrogens with one attached hydrogen (secondary N) is 1. The Morgan fingerprint density at radius 2 is 2.07 bits per heavy atom. The Bertz CT molecular complexity index is 167. The number of hydrogen-bond donors (Lipinski definition) is 2. The third-order valence-corrected chi connectivity index (χ3v) is 2.92. The van der Waals surface area contributed by atoms with Crippen molar-refractivity contribution in [3.8, 4) is 0 Å². The maximum absolute atomic E-state index is 9.29. The Morgan fingerprint density at radius 3 is 2.57 bits per heavy atom. The Balaban J connectivity index is 0.000000980. The number of aliphatic hydroxyl groups is 1. The molecular formula is C9H18ClNO3. The van der Waals surface area contributed by atoms with E-state index in [-0.39, 0.29) is 19.0 Å². The molecule has 1 unspecified atom stereocenters. The Hall–Kier alpha value is 0.130. The van der Waals surface area contributed by atoms with Crippen molar-refractivity contribution in [2.75, 3.05) is 32.9 Å². The van der Waals surface area contributed by atoms with Crippen LogP contribution in [0.15, 0.2) is 0 Å². The van der Waals surface area contributed by atoms with E-state index in [2.05, 4.69) is 5.32 Å². The maximum atomic E-state index is 9.29. The van der Waals surface area contributed by atoms with Crippen LogP contribution in [-0.4, -0.2) is 43.8 Å². The van der Waals surface area contributed by atoms with Gasteiger partial charge in [-0.25, -0.2) is 0 Å². The minimum atomic E-state index is -0.701. The van der Waals surface area contributed by atoms with E-state index in [0.717, 1.165) is 25.9 Å². The summed E-state index contributed by atoms with van der Waals surface area (Å²) in [5.74, 6) is -0.401. The third kappa shape index (κ3) is 2.20. The second kappa shape index (κ2) is 5.28. The summed E-state index contributed by atoms with van der Waals surface area (Å²) in [6.07, 6.45) is 2.21. The second-order valence-electron chi connectivity index (χ2n) is 3.71. The molecule has 0 saturated carbocycles. The summed E-state index contributed by atoms with van der Waals surface area (Å²) < 4.78 is 11.0. The molecule has 2 N–H and O–H groups in total. The fourth-order valence-electron chi connectivity index (χ4n) is 2.15. The molecule has 2 aliphatic heterocycles. The lowest BCUT2D eigenvalue weighted by atomic mass is 9.91. The van der Waals surface area contributed by atoms with Crippen LogP contribution >= 0.6 is 12.4 Å². The van der Waals surface area contributed by atoms with Gasteiger partial charge < -0.3 is 19.9 Å². The van der Waals surface area contributed by atoms with Gasteiger partial charge in [-0.2, -0.15) is 0 Å². The van der Waals surface area contributed by atoms with Crippen LogP contribution in [0.3, 0.4) is 0 Å². The van der Waals surface area contributed by atoms with E-state index in [4.69, 9.17) is 9.47 Å². The number of halogens is 1. The van der Waals surface area contributed by atoms with Crippen molar-refractivity contribution >= 4 is 12.4 Å². The molecule has 2 fully saturated rings. The highest BCUT2D eigenvalue weighted by Gasteiger charge is 2.44. The summed E-state index contributed by atoms with van der Waals surface area (Å²) in [5, 5.41) is 12.6. The lowest BCUT2D eigenvalue weighted by Gasteiger charge is -2.36. The number of hydrogen-bond acceptors (Lipinski definition) is 4. The van der Waals surface area contributed by atoms with E-state index in [0.29, 0.717) is 19.1 Å². The van der Waals surface area contributed by atoms with Crippen molar-refractivity contribution in [3.63, 3.8) is 0 Å². The Morgan fingerprint density at radius 1 is 1.36 bits per heavy atom. The topological polar surface area (TPSA) is 50.7 Å². The quantitative estimate of drug-likeness (QED) is 0.700. The number of ether oxygens (including phenoxy) is 2. The number of piperidine rings is 1. The van der Waals surface area contributed by atoms with Gasteiger partial charge in [-0.05, 0) is 19.4 Å². The first-order chi connectivity index (χ1) is 6.37. The van der Waals surface area contributed by atoms with Crippen molar-refractivity contribution in [1.82, 2.24) is 5.32 Å². The summed E-state index contributed by atoms with van der Waals surface area (Å²) in [5.41, 5.74) is 0. The molecule has 0 aromatic carbocycles. The molecule has 0 amide bonds. The molecular weight excluding hydrogens is 206 g/mol. The molecule has 2 aliphatic rings. The highest BCUT2D eigenvalue weighted by atomic mass is 35.5. The molecule has 0 bridgehead atoms. The fraction of sp³-hybridized carbons (Fsp3) is 1.00. The van der Waals surface area contributed by atoms with Crippen molar-refractivity contribution in [2.45, 2.75) is 18.6 Å². The zero-order chi connectivity index (χ0) is 9.15. The van der Waals surface area contributed by atoms with Crippen molar-refractivity contribution < 1.29 is 14.6 Å². The van der Waals surface area contributed by atoms with Gasteiger partial charge in [0.05, 0.1) is 19.8 Å². The van der Waals surface area contributed by atoms with Gasteiger partial charge in [-0.1, -0.05) is 0 Å². The second-order valence-corrected chi connectivity index (χ2v) is 3.71. The van der Waals surface area contributed by atoms with E-state index in [9.17, 15) is 5.11 Å². The van der Waals surface area contributed by atoms with Crippen LogP contribution in [0.4, 0.5) is 0 Å². The highest BCUT2D eigenvalue weighted by Crippen LogP contribution is 2.31. The van der Waals surface area contributed by atoms with Gasteiger partial charge >= 0.3 is 0 Å². The molecule has 0 spiro atoms. The Labute approximate surface area is 90.4 Å². The third-order valence-electron chi connectivity index (χ3n) is 2.92. The first kappa shape index (κ1) is 12.2. The average Bonchev–Trinajstić information content (AvgIpc) is 2.69. The summed E-state index contributed by atoms with van der Waals surface area (Å²) in [6.45, 7) is 3.14. The van der Waals surface area contributed by atoms with Crippen molar-refractivity contribution in [3.05, 3.63) is 0 Å². The predicted molar refractivity (Wildman–Crippen MR) is 54.6 cm³/mol. The lowest BCUT2D eigenvalue weighted by molar-refractivity contribution is -0.220. The predicted octanol–water partition coefficient (Wildman–Crippen LogP) is 0.143. The zero-order valence-electron chi connectivity index (χ0n) is 8.20. The first-order valence-electron chi connectivity index (χ1n) is 4.97.